The van der Waals surface area contributed by atoms with E-state index in [4.69, 9.17) is 0 Å². The molecule has 0 spiro atoms. The predicted molar refractivity (Wildman–Crippen MR) is 43.3 cm³/mol. The number of carbonyl (C=O) groups is 1. The standard InChI is InChI=1S/C8H9NO3/c1-5-3-7(10)4-6(2)8(5)9(11)12/h3-4,8H,1-2H3. The van der Waals surface area contributed by atoms with E-state index in [0.717, 1.165) is 0 Å². The highest BCUT2D eigenvalue weighted by atomic mass is 16.6. The van der Waals surface area contributed by atoms with Crippen LogP contribution in [0.4, 0.5) is 0 Å². The van der Waals surface area contributed by atoms with Gasteiger partial charge in [-0.25, -0.2) is 0 Å². The monoisotopic (exact) mass is 167 g/mol. The lowest BCUT2D eigenvalue weighted by Crippen LogP contribution is -2.25. The summed E-state index contributed by atoms with van der Waals surface area (Å²) in [6, 6.07) is -0.803. The minimum absolute atomic E-state index is 0.164. The maximum Gasteiger partial charge on any atom is 0.255 e. The molecule has 0 heterocycles. The Morgan fingerprint density at radius 3 is 2.08 bits per heavy atom. The SMILES string of the molecule is CC1=CC(=O)C=C(C)C1[N+](=O)[O-]. The number of nitro groups is 1. The zero-order valence-electron chi connectivity index (χ0n) is 6.90. The Morgan fingerprint density at radius 1 is 1.33 bits per heavy atom. The van der Waals surface area contributed by atoms with Crippen LogP contribution in [0.2, 0.25) is 0 Å². The number of hydrogen-bond acceptors (Lipinski definition) is 3. The van der Waals surface area contributed by atoms with E-state index in [-0.39, 0.29) is 10.7 Å². The second-order valence-corrected chi connectivity index (χ2v) is 2.87. The van der Waals surface area contributed by atoms with Crippen molar-refractivity contribution in [3.05, 3.63) is 33.4 Å². The molecule has 1 aliphatic carbocycles. The first-order valence-electron chi connectivity index (χ1n) is 3.56. The molecule has 0 saturated heterocycles. The zero-order chi connectivity index (χ0) is 9.30. The molecule has 4 nitrogen and oxygen atoms in total. The molecule has 0 aromatic heterocycles. The van der Waals surface area contributed by atoms with Crippen molar-refractivity contribution in [2.24, 2.45) is 0 Å². The van der Waals surface area contributed by atoms with E-state index in [9.17, 15) is 14.9 Å². The van der Waals surface area contributed by atoms with Gasteiger partial charge in [0.25, 0.3) is 6.04 Å². The second kappa shape index (κ2) is 2.89. The summed E-state index contributed by atoms with van der Waals surface area (Å²) in [4.78, 5) is 21.0. The van der Waals surface area contributed by atoms with Crippen LogP contribution >= 0.6 is 0 Å². The van der Waals surface area contributed by atoms with Crippen LogP contribution in [0.25, 0.3) is 0 Å². The summed E-state index contributed by atoms with van der Waals surface area (Å²) in [5.74, 6) is -0.164. The lowest BCUT2D eigenvalue weighted by molar-refractivity contribution is -0.502. The fourth-order valence-corrected chi connectivity index (χ4v) is 1.34. The highest BCUT2D eigenvalue weighted by molar-refractivity contribution is 6.01. The average Bonchev–Trinajstić information content (AvgIpc) is 1.82. The summed E-state index contributed by atoms with van der Waals surface area (Å²) in [5, 5.41) is 10.5. The van der Waals surface area contributed by atoms with Gasteiger partial charge >= 0.3 is 0 Å². The smallest absolute Gasteiger partial charge is 0.255 e. The number of nitrogens with zero attached hydrogens (tertiary/aromatic N) is 1. The molecule has 1 aliphatic rings. The maximum absolute atomic E-state index is 10.9. The van der Waals surface area contributed by atoms with Gasteiger partial charge in [-0.15, -0.1) is 0 Å². The zero-order valence-corrected chi connectivity index (χ0v) is 6.90. The van der Waals surface area contributed by atoms with Gasteiger partial charge in [-0.2, -0.15) is 0 Å². The maximum atomic E-state index is 10.9. The average molecular weight is 167 g/mol. The molecular formula is C8H9NO3. The highest BCUT2D eigenvalue weighted by Crippen LogP contribution is 2.19. The van der Waals surface area contributed by atoms with Crippen LogP contribution in [-0.4, -0.2) is 16.7 Å². The van der Waals surface area contributed by atoms with Crippen LogP contribution in [0.5, 0.6) is 0 Å². The molecule has 0 atom stereocenters. The van der Waals surface area contributed by atoms with E-state index < -0.39 is 6.04 Å². The first-order valence-corrected chi connectivity index (χ1v) is 3.56. The van der Waals surface area contributed by atoms with Crippen molar-refractivity contribution in [2.45, 2.75) is 19.9 Å². The summed E-state index contributed by atoms with van der Waals surface area (Å²) < 4.78 is 0. The second-order valence-electron chi connectivity index (χ2n) is 2.87. The van der Waals surface area contributed by atoms with Gasteiger partial charge in [0.2, 0.25) is 0 Å². The van der Waals surface area contributed by atoms with E-state index in [1.54, 1.807) is 13.8 Å². The molecule has 0 aromatic carbocycles. The van der Waals surface area contributed by atoms with Crippen LogP contribution < -0.4 is 0 Å². The van der Waals surface area contributed by atoms with Gasteiger partial charge in [0.1, 0.15) is 0 Å². The Morgan fingerprint density at radius 2 is 1.75 bits per heavy atom. The quantitative estimate of drug-likeness (QED) is 0.434. The van der Waals surface area contributed by atoms with Crippen LogP contribution in [0.15, 0.2) is 23.3 Å². The molecule has 0 saturated carbocycles. The van der Waals surface area contributed by atoms with Gasteiger partial charge in [-0.1, -0.05) is 0 Å². The minimum Gasteiger partial charge on any atom is -0.290 e. The predicted octanol–water partition coefficient (Wildman–Crippen LogP) is 1.11. The lowest BCUT2D eigenvalue weighted by Gasteiger charge is -2.13. The van der Waals surface area contributed by atoms with Crippen molar-refractivity contribution in [3.8, 4) is 0 Å². The number of allylic oxidation sites excluding steroid dienone is 2. The van der Waals surface area contributed by atoms with Crippen molar-refractivity contribution in [1.82, 2.24) is 0 Å². The van der Waals surface area contributed by atoms with Gasteiger partial charge < -0.3 is 0 Å². The van der Waals surface area contributed by atoms with Gasteiger partial charge in [0.15, 0.2) is 5.78 Å². The lowest BCUT2D eigenvalue weighted by atomic mass is 9.95. The van der Waals surface area contributed by atoms with Crippen molar-refractivity contribution < 1.29 is 9.72 Å². The fraction of sp³-hybridized carbons (Fsp3) is 0.375. The molecule has 1 rings (SSSR count). The molecule has 4 heteroatoms. The number of carbonyl (C=O) groups excluding carboxylic acids is 1. The Hall–Kier alpha value is -1.45. The van der Waals surface area contributed by atoms with Crippen LogP contribution in [-0.2, 0) is 4.79 Å². The molecule has 0 amide bonds. The fourth-order valence-electron chi connectivity index (χ4n) is 1.34. The van der Waals surface area contributed by atoms with Gasteiger partial charge in [-0.05, 0) is 26.0 Å². The van der Waals surface area contributed by atoms with Crippen molar-refractivity contribution in [3.63, 3.8) is 0 Å². The minimum atomic E-state index is -0.803. The van der Waals surface area contributed by atoms with E-state index in [0.29, 0.717) is 11.1 Å². The van der Waals surface area contributed by atoms with Gasteiger partial charge in [0.05, 0.1) is 0 Å². The Labute approximate surface area is 69.7 Å². The Kier molecular flexibility index (Phi) is 2.08. The summed E-state index contributed by atoms with van der Waals surface area (Å²) in [6.07, 6.45) is 2.61. The highest BCUT2D eigenvalue weighted by Gasteiger charge is 2.28. The van der Waals surface area contributed by atoms with Gasteiger partial charge in [0, 0.05) is 16.1 Å². The molecule has 12 heavy (non-hydrogen) atoms. The van der Waals surface area contributed by atoms with Crippen LogP contribution in [0, 0.1) is 10.1 Å². The van der Waals surface area contributed by atoms with Crippen molar-refractivity contribution in [1.29, 1.82) is 0 Å². The third kappa shape index (κ3) is 1.42. The molecule has 0 fully saturated rings. The first-order chi connectivity index (χ1) is 5.52. The summed E-state index contributed by atoms with van der Waals surface area (Å²) in [7, 11) is 0. The molecule has 0 bridgehead atoms. The van der Waals surface area contributed by atoms with Gasteiger partial charge in [-0.3, -0.25) is 14.9 Å². The van der Waals surface area contributed by atoms with E-state index in [1.165, 1.54) is 12.2 Å². The van der Waals surface area contributed by atoms with Crippen molar-refractivity contribution in [2.75, 3.05) is 0 Å². The summed E-state index contributed by atoms with van der Waals surface area (Å²) in [5.41, 5.74) is 1.01. The normalized spacial score (nSPS) is 18.7. The molecule has 64 valence electrons. The molecule has 0 aromatic rings. The first kappa shape index (κ1) is 8.64. The molecule has 0 radical (unpaired) electrons. The van der Waals surface area contributed by atoms with Crippen LogP contribution in [0.1, 0.15) is 13.8 Å². The third-order valence-electron chi connectivity index (χ3n) is 1.81. The topological polar surface area (TPSA) is 60.2 Å². The number of rotatable bonds is 1. The van der Waals surface area contributed by atoms with Crippen LogP contribution in [0.3, 0.4) is 0 Å². The largest absolute Gasteiger partial charge is 0.290 e. The van der Waals surface area contributed by atoms with Crippen molar-refractivity contribution >= 4 is 5.78 Å². The van der Waals surface area contributed by atoms with E-state index >= 15 is 0 Å². The number of ketones is 1. The Balaban J connectivity index is 3.03. The summed E-state index contributed by atoms with van der Waals surface area (Å²) in [6.45, 7) is 3.20. The van der Waals surface area contributed by atoms with E-state index in [2.05, 4.69) is 0 Å². The number of hydrogen-bond donors (Lipinski definition) is 0. The Bertz CT molecular complexity index is 279. The molecule has 0 N–H and O–H groups in total. The molecule has 0 aliphatic heterocycles. The summed E-state index contributed by atoms with van der Waals surface area (Å²) >= 11 is 0. The molecular weight excluding hydrogens is 158 g/mol. The molecule has 0 unspecified atom stereocenters. The van der Waals surface area contributed by atoms with E-state index in [1.807, 2.05) is 0 Å². The third-order valence-corrected chi connectivity index (χ3v) is 1.81.